The van der Waals surface area contributed by atoms with Crippen LogP contribution in [0.3, 0.4) is 0 Å². The zero-order chi connectivity index (χ0) is 14.4. The fourth-order valence-electron chi connectivity index (χ4n) is 2.68. The van der Waals surface area contributed by atoms with Crippen molar-refractivity contribution >= 4 is 11.8 Å². The molecule has 5 heteroatoms. The summed E-state index contributed by atoms with van der Waals surface area (Å²) in [5.74, 6) is 1.84. The zero-order valence-electron chi connectivity index (χ0n) is 12.1. The van der Waals surface area contributed by atoms with Gasteiger partial charge in [0.05, 0.1) is 6.61 Å². The molecular weight excluding hydrogens is 282 g/mol. The van der Waals surface area contributed by atoms with Crippen LogP contribution < -0.4 is 0 Å². The molecule has 0 amide bonds. The van der Waals surface area contributed by atoms with Gasteiger partial charge in [0.1, 0.15) is 5.82 Å². The molecule has 1 aromatic carbocycles. The van der Waals surface area contributed by atoms with Crippen LogP contribution in [0.4, 0.5) is 0 Å². The highest BCUT2D eigenvalue weighted by Gasteiger charge is 2.36. The van der Waals surface area contributed by atoms with Gasteiger partial charge in [-0.05, 0) is 61.6 Å². The minimum atomic E-state index is 0.0931. The standard InChI is InChI=1S/C16H19N3OS/c1-10-8-11(9-20)2-7-14(10)21-16-18-17-15(12-3-4-12)19(16)13-5-6-13/h2,7-8,12-13,20H,3-6,9H2,1H3. The van der Waals surface area contributed by atoms with Gasteiger partial charge in [-0.2, -0.15) is 0 Å². The number of aliphatic hydroxyl groups is 1. The summed E-state index contributed by atoms with van der Waals surface area (Å²) in [5.41, 5.74) is 2.14. The largest absolute Gasteiger partial charge is 0.392 e. The summed E-state index contributed by atoms with van der Waals surface area (Å²) in [6.07, 6.45) is 5.04. The molecule has 21 heavy (non-hydrogen) atoms. The topological polar surface area (TPSA) is 50.9 Å². The second-order valence-corrected chi connectivity index (χ2v) is 7.09. The van der Waals surface area contributed by atoms with Crippen LogP contribution in [0.15, 0.2) is 28.3 Å². The third kappa shape index (κ3) is 2.60. The fraction of sp³-hybridized carbons (Fsp3) is 0.500. The van der Waals surface area contributed by atoms with Crippen LogP contribution in [0, 0.1) is 6.92 Å². The van der Waals surface area contributed by atoms with Crippen molar-refractivity contribution in [2.45, 2.75) is 61.2 Å². The van der Waals surface area contributed by atoms with Crippen molar-refractivity contribution in [1.29, 1.82) is 0 Å². The number of hydrogen-bond donors (Lipinski definition) is 1. The minimum absolute atomic E-state index is 0.0931. The highest BCUT2D eigenvalue weighted by Crippen LogP contribution is 2.46. The molecule has 4 rings (SSSR count). The Hall–Kier alpha value is -1.33. The van der Waals surface area contributed by atoms with Gasteiger partial charge in [-0.3, -0.25) is 0 Å². The van der Waals surface area contributed by atoms with Crippen molar-refractivity contribution < 1.29 is 5.11 Å². The molecule has 2 aliphatic rings. The molecule has 0 atom stereocenters. The number of aryl methyl sites for hydroxylation is 1. The molecular formula is C16H19N3OS. The SMILES string of the molecule is Cc1cc(CO)ccc1Sc1nnc(C2CC2)n1C1CC1. The van der Waals surface area contributed by atoms with Gasteiger partial charge >= 0.3 is 0 Å². The molecule has 110 valence electrons. The molecule has 1 aromatic heterocycles. The van der Waals surface area contributed by atoms with E-state index in [0.29, 0.717) is 12.0 Å². The summed E-state index contributed by atoms with van der Waals surface area (Å²) in [7, 11) is 0. The minimum Gasteiger partial charge on any atom is -0.392 e. The number of benzene rings is 1. The van der Waals surface area contributed by atoms with Gasteiger partial charge in [0.25, 0.3) is 0 Å². The van der Waals surface area contributed by atoms with Gasteiger partial charge in [-0.25, -0.2) is 0 Å². The molecule has 1 N–H and O–H groups in total. The van der Waals surface area contributed by atoms with E-state index in [-0.39, 0.29) is 6.61 Å². The van der Waals surface area contributed by atoms with Gasteiger partial charge < -0.3 is 9.67 Å². The van der Waals surface area contributed by atoms with Crippen LogP contribution >= 0.6 is 11.8 Å². The molecule has 0 spiro atoms. The van der Waals surface area contributed by atoms with E-state index in [1.807, 2.05) is 12.1 Å². The average Bonchev–Trinajstić information content (AvgIpc) is 3.40. The van der Waals surface area contributed by atoms with Crippen LogP contribution in [-0.4, -0.2) is 19.9 Å². The maximum Gasteiger partial charge on any atom is 0.196 e. The third-order valence-electron chi connectivity index (χ3n) is 4.17. The second-order valence-electron chi connectivity index (χ2n) is 6.08. The van der Waals surface area contributed by atoms with Gasteiger partial charge in [0.2, 0.25) is 0 Å². The number of rotatable bonds is 5. The Morgan fingerprint density at radius 2 is 2.05 bits per heavy atom. The van der Waals surface area contributed by atoms with E-state index in [1.165, 1.54) is 42.0 Å². The third-order valence-corrected chi connectivity index (χ3v) is 5.31. The quantitative estimate of drug-likeness (QED) is 0.919. The van der Waals surface area contributed by atoms with Gasteiger partial charge in [-0.1, -0.05) is 12.1 Å². The first-order valence-electron chi connectivity index (χ1n) is 7.59. The van der Waals surface area contributed by atoms with Gasteiger partial charge in [0.15, 0.2) is 5.16 Å². The number of nitrogens with zero attached hydrogens (tertiary/aromatic N) is 3. The van der Waals surface area contributed by atoms with Crippen molar-refractivity contribution in [1.82, 2.24) is 14.8 Å². The lowest BCUT2D eigenvalue weighted by Crippen LogP contribution is -2.01. The van der Waals surface area contributed by atoms with Gasteiger partial charge in [-0.15, -0.1) is 10.2 Å². The molecule has 0 radical (unpaired) electrons. The van der Waals surface area contributed by atoms with E-state index in [4.69, 9.17) is 0 Å². The fourth-order valence-corrected chi connectivity index (χ4v) is 3.65. The average molecular weight is 301 g/mol. The Kier molecular flexibility index (Phi) is 3.27. The first-order valence-corrected chi connectivity index (χ1v) is 8.41. The molecule has 2 aliphatic carbocycles. The van der Waals surface area contributed by atoms with Crippen molar-refractivity contribution in [3.63, 3.8) is 0 Å². The Morgan fingerprint density at radius 1 is 1.24 bits per heavy atom. The lowest BCUT2D eigenvalue weighted by atomic mass is 10.1. The summed E-state index contributed by atoms with van der Waals surface area (Å²) in [6, 6.07) is 6.72. The lowest BCUT2D eigenvalue weighted by molar-refractivity contribution is 0.281. The maximum atomic E-state index is 9.21. The molecule has 2 fully saturated rings. The highest BCUT2D eigenvalue weighted by atomic mass is 32.2. The predicted molar refractivity (Wildman–Crippen MR) is 81.5 cm³/mol. The summed E-state index contributed by atoms with van der Waals surface area (Å²) in [5, 5.41) is 19.1. The first-order chi connectivity index (χ1) is 10.3. The number of aromatic nitrogens is 3. The molecule has 0 aliphatic heterocycles. The summed E-state index contributed by atoms with van der Waals surface area (Å²) in [6.45, 7) is 2.18. The first kappa shape index (κ1) is 13.3. The molecule has 2 aromatic rings. The lowest BCUT2D eigenvalue weighted by Gasteiger charge is -2.10. The van der Waals surface area contributed by atoms with Crippen molar-refractivity contribution in [3.05, 3.63) is 35.2 Å². The number of aliphatic hydroxyl groups excluding tert-OH is 1. The van der Waals surface area contributed by atoms with Crippen LogP contribution in [0.25, 0.3) is 0 Å². The molecule has 0 saturated heterocycles. The molecule has 2 saturated carbocycles. The highest BCUT2D eigenvalue weighted by molar-refractivity contribution is 7.99. The summed E-state index contributed by atoms with van der Waals surface area (Å²) < 4.78 is 2.38. The van der Waals surface area contributed by atoms with E-state index in [2.05, 4.69) is 27.8 Å². The van der Waals surface area contributed by atoms with E-state index in [1.54, 1.807) is 11.8 Å². The summed E-state index contributed by atoms with van der Waals surface area (Å²) in [4.78, 5) is 1.20. The van der Waals surface area contributed by atoms with Crippen LogP contribution in [0.2, 0.25) is 0 Å². The molecule has 0 bridgehead atoms. The Morgan fingerprint density at radius 3 is 2.67 bits per heavy atom. The van der Waals surface area contributed by atoms with E-state index in [9.17, 15) is 5.11 Å². The van der Waals surface area contributed by atoms with Crippen LogP contribution in [0.1, 0.15) is 54.6 Å². The molecule has 0 unspecified atom stereocenters. The Labute approximate surface area is 128 Å². The zero-order valence-corrected chi connectivity index (χ0v) is 12.9. The van der Waals surface area contributed by atoms with Crippen molar-refractivity contribution in [2.75, 3.05) is 0 Å². The van der Waals surface area contributed by atoms with Gasteiger partial charge in [0, 0.05) is 16.9 Å². The van der Waals surface area contributed by atoms with E-state index < -0.39 is 0 Å². The summed E-state index contributed by atoms with van der Waals surface area (Å²) >= 11 is 1.70. The van der Waals surface area contributed by atoms with E-state index in [0.717, 1.165) is 10.7 Å². The Balaban J connectivity index is 1.65. The monoisotopic (exact) mass is 301 g/mol. The van der Waals surface area contributed by atoms with Crippen molar-refractivity contribution in [2.24, 2.45) is 0 Å². The maximum absolute atomic E-state index is 9.21. The second kappa shape index (κ2) is 5.14. The smallest absolute Gasteiger partial charge is 0.196 e. The molecule has 1 heterocycles. The van der Waals surface area contributed by atoms with Crippen molar-refractivity contribution in [3.8, 4) is 0 Å². The van der Waals surface area contributed by atoms with Crippen LogP contribution in [-0.2, 0) is 6.61 Å². The predicted octanol–water partition coefficient (Wildman–Crippen LogP) is 3.44. The Bertz CT molecular complexity index is 674. The van der Waals surface area contributed by atoms with E-state index >= 15 is 0 Å². The van der Waals surface area contributed by atoms with Crippen LogP contribution in [0.5, 0.6) is 0 Å². The number of hydrogen-bond acceptors (Lipinski definition) is 4. The normalized spacial score (nSPS) is 18.2. The molecule has 4 nitrogen and oxygen atoms in total.